The second-order valence-electron chi connectivity index (χ2n) is 6.41. The SMILES string of the molecule is CC.CCC.CN1CCC(OCCN2CCC(C(F)(F)F)CC2)C1. The summed E-state index contributed by atoms with van der Waals surface area (Å²) in [5.74, 6) is -1.10. The molecule has 0 amide bonds. The highest BCUT2D eigenvalue weighted by molar-refractivity contribution is 4.77. The molecule has 0 aliphatic carbocycles. The minimum Gasteiger partial charge on any atom is -0.376 e. The summed E-state index contributed by atoms with van der Waals surface area (Å²) in [7, 11) is 2.07. The van der Waals surface area contributed by atoms with Crippen molar-refractivity contribution < 1.29 is 17.9 Å². The zero-order chi connectivity index (χ0) is 18.6. The van der Waals surface area contributed by atoms with Gasteiger partial charge in [0.15, 0.2) is 0 Å². The third-order valence-electron chi connectivity index (χ3n) is 4.16. The zero-order valence-corrected chi connectivity index (χ0v) is 16.2. The maximum absolute atomic E-state index is 12.5. The molecule has 146 valence electrons. The number of likely N-dealkylation sites (N-methyl/N-ethyl adjacent to an activating group) is 1. The van der Waals surface area contributed by atoms with Crippen molar-refractivity contribution in [1.82, 2.24) is 9.80 Å². The Bertz CT molecular complexity index is 292. The number of nitrogens with zero attached hydrogens (tertiary/aromatic N) is 2. The summed E-state index contributed by atoms with van der Waals surface area (Å²) in [6.45, 7) is 12.8. The van der Waals surface area contributed by atoms with E-state index in [0.29, 0.717) is 25.8 Å². The number of halogens is 3. The van der Waals surface area contributed by atoms with Crippen molar-refractivity contribution in [3.63, 3.8) is 0 Å². The van der Waals surface area contributed by atoms with Crippen LogP contribution in [-0.2, 0) is 4.74 Å². The molecule has 1 unspecified atom stereocenters. The van der Waals surface area contributed by atoms with Gasteiger partial charge in [-0.3, -0.25) is 0 Å². The van der Waals surface area contributed by atoms with E-state index in [1.165, 1.54) is 6.42 Å². The molecule has 6 heteroatoms. The molecule has 2 aliphatic rings. The van der Waals surface area contributed by atoms with Crippen molar-refractivity contribution in [2.24, 2.45) is 5.92 Å². The molecule has 0 saturated carbocycles. The number of rotatable bonds is 4. The van der Waals surface area contributed by atoms with Crippen LogP contribution in [0.3, 0.4) is 0 Å². The maximum atomic E-state index is 12.5. The van der Waals surface area contributed by atoms with Gasteiger partial charge in [-0.2, -0.15) is 13.2 Å². The summed E-state index contributed by atoms with van der Waals surface area (Å²) in [6, 6.07) is 0. The van der Waals surface area contributed by atoms with Gasteiger partial charge in [-0.05, 0) is 39.4 Å². The topological polar surface area (TPSA) is 15.7 Å². The molecule has 0 aromatic rings. The highest BCUT2D eigenvalue weighted by atomic mass is 19.4. The molecule has 0 bridgehead atoms. The van der Waals surface area contributed by atoms with Gasteiger partial charge in [-0.1, -0.05) is 34.1 Å². The van der Waals surface area contributed by atoms with Gasteiger partial charge >= 0.3 is 6.18 Å². The Labute approximate surface area is 146 Å². The molecule has 2 aliphatic heterocycles. The largest absolute Gasteiger partial charge is 0.391 e. The molecule has 0 spiro atoms. The van der Waals surface area contributed by atoms with E-state index in [4.69, 9.17) is 4.74 Å². The summed E-state index contributed by atoms with van der Waals surface area (Å²) < 4.78 is 43.3. The van der Waals surface area contributed by atoms with Crippen molar-refractivity contribution in [3.05, 3.63) is 0 Å². The van der Waals surface area contributed by atoms with E-state index in [-0.39, 0.29) is 12.8 Å². The zero-order valence-electron chi connectivity index (χ0n) is 16.2. The molecular weight excluding hydrogens is 317 g/mol. The van der Waals surface area contributed by atoms with Crippen LogP contribution in [0.4, 0.5) is 13.2 Å². The fourth-order valence-electron chi connectivity index (χ4n) is 2.86. The van der Waals surface area contributed by atoms with Crippen LogP contribution in [0.1, 0.15) is 53.4 Å². The van der Waals surface area contributed by atoms with Crippen molar-refractivity contribution in [2.75, 3.05) is 46.4 Å². The van der Waals surface area contributed by atoms with Gasteiger partial charge in [0, 0.05) is 19.6 Å². The third kappa shape index (κ3) is 9.84. The molecule has 2 rings (SSSR count). The first-order valence-electron chi connectivity index (χ1n) is 9.46. The number of hydrogen-bond donors (Lipinski definition) is 0. The average molecular weight is 355 g/mol. The molecule has 0 radical (unpaired) electrons. The van der Waals surface area contributed by atoms with Gasteiger partial charge in [0.1, 0.15) is 0 Å². The van der Waals surface area contributed by atoms with Crippen LogP contribution in [0, 0.1) is 5.92 Å². The Balaban J connectivity index is 0.000000952. The molecule has 24 heavy (non-hydrogen) atoms. The van der Waals surface area contributed by atoms with Gasteiger partial charge in [0.2, 0.25) is 0 Å². The lowest BCUT2D eigenvalue weighted by atomic mass is 9.96. The minimum absolute atomic E-state index is 0.232. The Morgan fingerprint density at radius 3 is 1.96 bits per heavy atom. The normalized spacial score (nSPS) is 23.2. The van der Waals surface area contributed by atoms with E-state index in [0.717, 1.165) is 26.1 Å². The summed E-state index contributed by atoms with van der Waals surface area (Å²) >= 11 is 0. The lowest BCUT2D eigenvalue weighted by Crippen LogP contribution is -2.40. The average Bonchev–Trinajstić information content (AvgIpc) is 2.95. The van der Waals surface area contributed by atoms with Gasteiger partial charge in [0.05, 0.1) is 18.6 Å². The van der Waals surface area contributed by atoms with E-state index < -0.39 is 12.1 Å². The van der Waals surface area contributed by atoms with Crippen LogP contribution in [0.25, 0.3) is 0 Å². The maximum Gasteiger partial charge on any atom is 0.391 e. The van der Waals surface area contributed by atoms with E-state index >= 15 is 0 Å². The summed E-state index contributed by atoms with van der Waals surface area (Å²) in [6.07, 6.45) is -0.938. The fourth-order valence-corrected chi connectivity index (χ4v) is 2.86. The smallest absolute Gasteiger partial charge is 0.376 e. The highest BCUT2D eigenvalue weighted by Crippen LogP contribution is 2.33. The number of alkyl halides is 3. The van der Waals surface area contributed by atoms with Gasteiger partial charge in [0.25, 0.3) is 0 Å². The molecule has 3 nitrogen and oxygen atoms in total. The lowest BCUT2D eigenvalue weighted by molar-refractivity contribution is -0.185. The number of hydrogen-bond acceptors (Lipinski definition) is 3. The van der Waals surface area contributed by atoms with Crippen LogP contribution in [0.5, 0.6) is 0 Å². The van der Waals surface area contributed by atoms with E-state index in [1.54, 1.807) is 0 Å². The molecule has 2 heterocycles. The summed E-state index contributed by atoms with van der Waals surface area (Å²) in [5, 5.41) is 0. The van der Waals surface area contributed by atoms with Gasteiger partial charge in [-0.25, -0.2) is 0 Å². The molecule has 0 aromatic carbocycles. The Hall–Kier alpha value is -0.330. The van der Waals surface area contributed by atoms with Crippen LogP contribution >= 0.6 is 0 Å². The Morgan fingerprint density at radius 1 is 1.00 bits per heavy atom. The lowest BCUT2D eigenvalue weighted by Gasteiger charge is -2.32. The number of ether oxygens (including phenoxy) is 1. The van der Waals surface area contributed by atoms with E-state index in [9.17, 15) is 13.2 Å². The number of piperidine rings is 1. The standard InChI is InChI=1S/C13H23F3N2O.C3H8.C2H6/c1-17-5-4-12(10-17)19-9-8-18-6-2-11(3-7-18)13(14,15)16;1-3-2;1-2/h11-12H,2-10H2,1H3;3H2,1-2H3;1-2H3. The first kappa shape index (κ1) is 23.7. The van der Waals surface area contributed by atoms with Crippen LogP contribution in [0.2, 0.25) is 0 Å². The monoisotopic (exact) mass is 354 g/mol. The van der Waals surface area contributed by atoms with Gasteiger partial charge < -0.3 is 14.5 Å². The number of likely N-dealkylation sites (tertiary alicyclic amines) is 2. The molecule has 0 N–H and O–H groups in total. The van der Waals surface area contributed by atoms with Crippen molar-refractivity contribution >= 4 is 0 Å². The molecule has 1 atom stereocenters. The highest BCUT2D eigenvalue weighted by Gasteiger charge is 2.40. The van der Waals surface area contributed by atoms with Crippen molar-refractivity contribution in [1.29, 1.82) is 0 Å². The first-order chi connectivity index (χ1) is 11.4. The van der Waals surface area contributed by atoms with Crippen molar-refractivity contribution in [2.45, 2.75) is 65.7 Å². The second-order valence-corrected chi connectivity index (χ2v) is 6.41. The Morgan fingerprint density at radius 2 is 1.54 bits per heavy atom. The summed E-state index contributed by atoms with van der Waals surface area (Å²) in [4.78, 5) is 4.32. The molecular formula is C18H37F3N2O. The van der Waals surface area contributed by atoms with Crippen LogP contribution in [0.15, 0.2) is 0 Å². The van der Waals surface area contributed by atoms with E-state index in [2.05, 4.69) is 30.7 Å². The van der Waals surface area contributed by atoms with Crippen molar-refractivity contribution in [3.8, 4) is 0 Å². The predicted octanol–water partition coefficient (Wildman–Crippen LogP) is 4.42. The molecule has 0 aromatic heterocycles. The molecule has 2 fully saturated rings. The fraction of sp³-hybridized carbons (Fsp3) is 1.00. The van der Waals surface area contributed by atoms with Crippen LogP contribution < -0.4 is 0 Å². The van der Waals surface area contributed by atoms with Gasteiger partial charge in [-0.15, -0.1) is 0 Å². The van der Waals surface area contributed by atoms with Crippen LogP contribution in [-0.4, -0.2) is 68.5 Å². The second kappa shape index (κ2) is 13.0. The summed E-state index contributed by atoms with van der Waals surface area (Å²) in [5.41, 5.74) is 0. The Kier molecular flexibility index (Phi) is 12.8. The third-order valence-corrected chi connectivity index (χ3v) is 4.16. The first-order valence-corrected chi connectivity index (χ1v) is 9.46. The minimum atomic E-state index is -4.02. The molecule has 2 saturated heterocycles. The quantitative estimate of drug-likeness (QED) is 0.743. The predicted molar refractivity (Wildman–Crippen MR) is 94.4 cm³/mol. The van der Waals surface area contributed by atoms with E-state index in [1.807, 2.05) is 13.8 Å².